The first kappa shape index (κ1) is 17.3. The number of anilines is 2. The van der Waals surface area contributed by atoms with E-state index in [1.807, 2.05) is 31.2 Å². The molecule has 2 heterocycles. The number of aliphatic hydroxyl groups excluding tert-OH is 1. The largest absolute Gasteiger partial charge is 0.507 e. The van der Waals surface area contributed by atoms with E-state index in [-0.39, 0.29) is 11.7 Å². The number of carbonyl (C=O) groups excluding carboxylic acids is 1. The second kappa shape index (κ2) is 7.60. The van der Waals surface area contributed by atoms with Crippen molar-refractivity contribution in [2.45, 2.75) is 13.8 Å². The van der Waals surface area contributed by atoms with Crippen molar-refractivity contribution in [3.05, 3.63) is 54.0 Å². The maximum Gasteiger partial charge on any atom is 0.222 e. The van der Waals surface area contributed by atoms with Crippen molar-refractivity contribution < 1.29 is 9.90 Å². The number of hydrogen-bond donors (Lipinski definition) is 3. The molecule has 7 nitrogen and oxygen atoms in total. The lowest BCUT2D eigenvalue weighted by molar-refractivity contribution is -0.114. The predicted molar refractivity (Wildman–Crippen MR) is 103 cm³/mol. The van der Waals surface area contributed by atoms with E-state index < -0.39 is 0 Å². The lowest BCUT2D eigenvalue weighted by Gasteiger charge is -2.08. The Morgan fingerprint density at radius 2 is 2.00 bits per heavy atom. The molecular formula is C19H19N5O2. The fraction of sp³-hybridized carbons (Fsp3) is 0.158. The van der Waals surface area contributed by atoms with Gasteiger partial charge < -0.3 is 15.7 Å². The summed E-state index contributed by atoms with van der Waals surface area (Å²) in [5.41, 5.74) is 1.29. The van der Waals surface area contributed by atoms with Gasteiger partial charge in [-0.25, -0.2) is 15.0 Å². The molecule has 1 aromatic carbocycles. The zero-order valence-corrected chi connectivity index (χ0v) is 14.5. The molecule has 2 aromatic heterocycles. The Kier molecular flexibility index (Phi) is 5.07. The van der Waals surface area contributed by atoms with E-state index in [9.17, 15) is 9.90 Å². The van der Waals surface area contributed by atoms with Gasteiger partial charge in [0, 0.05) is 36.7 Å². The molecule has 132 valence electrons. The third kappa shape index (κ3) is 3.94. The number of benzene rings is 1. The highest BCUT2D eigenvalue weighted by atomic mass is 16.3. The van der Waals surface area contributed by atoms with Gasteiger partial charge in [-0.3, -0.25) is 4.79 Å². The Morgan fingerprint density at radius 1 is 1.19 bits per heavy atom. The van der Waals surface area contributed by atoms with Gasteiger partial charge in [-0.15, -0.1) is 0 Å². The molecule has 0 unspecified atom stereocenters. The van der Waals surface area contributed by atoms with Gasteiger partial charge in [-0.05, 0) is 31.2 Å². The molecule has 3 aromatic rings. The fourth-order valence-corrected chi connectivity index (χ4v) is 2.47. The maximum absolute atomic E-state index is 11.0. The van der Waals surface area contributed by atoms with Crippen LogP contribution in [-0.4, -0.2) is 32.5 Å². The SMILES string of the molecule is CCNc1nc(/C=C(\O)c2ccc(NC(C)=O)nc2)nc2ccccc12. The standard InChI is InChI=1S/C19H19N5O2/c1-3-20-19-14-6-4-5-7-15(14)23-18(24-19)10-16(26)13-8-9-17(21-11-13)22-12(2)25/h4-11,26H,3H2,1-2H3,(H,20,23,24)(H,21,22,25)/b16-10-. The Labute approximate surface area is 150 Å². The van der Waals surface area contributed by atoms with Crippen molar-refractivity contribution >= 4 is 40.3 Å². The van der Waals surface area contributed by atoms with Crippen LogP contribution >= 0.6 is 0 Å². The molecule has 0 aliphatic rings. The fourth-order valence-electron chi connectivity index (χ4n) is 2.47. The summed E-state index contributed by atoms with van der Waals surface area (Å²) in [5, 5.41) is 17.1. The normalized spacial score (nSPS) is 11.4. The van der Waals surface area contributed by atoms with Crippen molar-refractivity contribution in [1.29, 1.82) is 0 Å². The molecule has 7 heteroatoms. The highest BCUT2D eigenvalue weighted by Crippen LogP contribution is 2.22. The van der Waals surface area contributed by atoms with E-state index in [0.29, 0.717) is 17.2 Å². The summed E-state index contributed by atoms with van der Waals surface area (Å²) in [5.74, 6) is 1.32. The molecule has 3 N–H and O–H groups in total. The molecule has 3 rings (SSSR count). The zero-order chi connectivity index (χ0) is 18.5. The van der Waals surface area contributed by atoms with Crippen LogP contribution in [0.2, 0.25) is 0 Å². The predicted octanol–water partition coefficient (Wildman–Crippen LogP) is 3.47. The average molecular weight is 349 g/mol. The number of aromatic nitrogens is 3. The summed E-state index contributed by atoms with van der Waals surface area (Å²) in [6.07, 6.45) is 2.96. The molecule has 0 radical (unpaired) electrons. The van der Waals surface area contributed by atoms with Crippen LogP contribution in [0, 0.1) is 0 Å². The zero-order valence-electron chi connectivity index (χ0n) is 14.5. The van der Waals surface area contributed by atoms with Crippen LogP contribution in [0.25, 0.3) is 22.7 Å². The van der Waals surface area contributed by atoms with E-state index in [1.54, 1.807) is 12.1 Å². The molecule has 0 bridgehead atoms. The highest BCUT2D eigenvalue weighted by molar-refractivity contribution is 5.90. The Bertz CT molecular complexity index is 967. The summed E-state index contributed by atoms with van der Waals surface area (Å²) in [4.78, 5) is 24.1. The molecule has 0 atom stereocenters. The number of fused-ring (bicyclic) bond motifs is 1. The lowest BCUT2D eigenvalue weighted by atomic mass is 10.2. The minimum atomic E-state index is -0.203. The van der Waals surface area contributed by atoms with Crippen LogP contribution in [0.4, 0.5) is 11.6 Å². The number of para-hydroxylation sites is 1. The van der Waals surface area contributed by atoms with Gasteiger partial charge in [0.1, 0.15) is 17.4 Å². The topological polar surface area (TPSA) is 100 Å². The second-order valence-corrected chi connectivity index (χ2v) is 5.62. The van der Waals surface area contributed by atoms with Gasteiger partial charge >= 0.3 is 0 Å². The first-order valence-electron chi connectivity index (χ1n) is 8.22. The van der Waals surface area contributed by atoms with Gasteiger partial charge in [0.05, 0.1) is 5.52 Å². The van der Waals surface area contributed by atoms with Crippen LogP contribution in [0.15, 0.2) is 42.6 Å². The van der Waals surface area contributed by atoms with E-state index in [2.05, 4.69) is 25.6 Å². The first-order valence-corrected chi connectivity index (χ1v) is 8.22. The third-order valence-corrected chi connectivity index (χ3v) is 3.59. The van der Waals surface area contributed by atoms with Gasteiger partial charge in [-0.2, -0.15) is 0 Å². The molecule has 0 saturated heterocycles. The molecule has 0 fully saturated rings. The Hall–Kier alpha value is -3.48. The van der Waals surface area contributed by atoms with Crippen molar-refractivity contribution in [2.24, 2.45) is 0 Å². The number of rotatable bonds is 5. The summed E-state index contributed by atoms with van der Waals surface area (Å²) in [7, 11) is 0. The quantitative estimate of drug-likeness (QED) is 0.610. The van der Waals surface area contributed by atoms with Crippen LogP contribution < -0.4 is 10.6 Å². The smallest absolute Gasteiger partial charge is 0.222 e. The molecular weight excluding hydrogens is 330 g/mol. The van der Waals surface area contributed by atoms with Crippen LogP contribution in [-0.2, 0) is 4.79 Å². The molecule has 1 amide bonds. The first-order chi connectivity index (χ1) is 12.6. The van der Waals surface area contributed by atoms with Gasteiger partial charge in [-0.1, -0.05) is 12.1 Å². The molecule has 0 aliphatic carbocycles. The lowest BCUT2D eigenvalue weighted by Crippen LogP contribution is -2.07. The monoisotopic (exact) mass is 349 g/mol. The van der Waals surface area contributed by atoms with E-state index >= 15 is 0 Å². The Balaban J connectivity index is 1.94. The Morgan fingerprint density at radius 3 is 2.69 bits per heavy atom. The number of hydrogen-bond acceptors (Lipinski definition) is 6. The molecule has 0 saturated carbocycles. The molecule has 26 heavy (non-hydrogen) atoms. The minimum Gasteiger partial charge on any atom is -0.507 e. The summed E-state index contributed by atoms with van der Waals surface area (Å²) in [6.45, 7) is 4.13. The van der Waals surface area contributed by atoms with Crippen LogP contribution in [0.1, 0.15) is 25.2 Å². The number of amides is 1. The van der Waals surface area contributed by atoms with Crippen LogP contribution in [0.5, 0.6) is 0 Å². The summed E-state index contributed by atoms with van der Waals surface area (Å²) >= 11 is 0. The highest BCUT2D eigenvalue weighted by Gasteiger charge is 2.08. The number of nitrogens with one attached hydrogen (secondary N) is 2. The van der Waals surface area contributed by atoms with Gasteiger partial charge in [0.25, 0.3) is 0 Å². The van der Waals surface area contributed by atoms with Gasteiger partial charge in [0.15, 0.2) is 5.82 Å². The average Bonchev–Trinajstić information content (AvgIpc) is 2.62. The van der Waals surface area contributed by atoms with Crippen molar-refractivity contribution in [1.82, 2.24) is 15.0 Å². The molecule has 0 aliphatic heterocycles. The van der Waals surface area contributed by atoms with E-state index in [0.717, 1.165) is 23.3 Å². The van der Waals surface area contributed by atoms with Crippen molar-refractivity contribution in [3.8, 4) is 0 Å². The van der Waals surface area contributed by atoms with Gasteiger partial charge in [0.2, 0.25) is 5.91 Å². The maximum atomic E-state index is 11.0. The number of aliphatic hydroxyl groups is 1. The second-order valence-electron chi connectivity index (χ2n) is 5.62. The third-order valence-electron chi connectivity index (χ3n) is 3.59. The number of carbonyl (C=O) groups is 1. The van der Waals surface area contributed by atoms with Crippen molar-refractivity contribution in [2.75, 3.05) is 17.2 Å². The van der Waals surface area contributed by atoms with E-state index in [4.69, 9.17) is 0 Å². The van der Waals surface area contributed by atoms with Crippen LogP contribution in [0.3, 0.4) is 0 Å². The van der Waals surface area contributed by atoms with E-state index in [1.165, 1.54) is 19.2 Å². The number of nitrogens with zero attached hydrogens (tertiary/aromatic N) is 3. The number of pyridine rings is 1. The van der Waals surface area contributed by atoms with Crippen molar-refractivity contribution in [3.63, 3.8) is 0 Å². The minimum absolute atomic E-state index is 0.00963. The summed E-state index contributed by atoms with van der Waals surface area (Å²) in [6, 6.07) is 11.0. The molecule has 0 spiro atoms. The summed E-state index contributed by atoms with van der Waals surface area (Å²) < 4.78 is 0.